The summed E-state index contributed by atoms with van der Waals surface area (Å²) in [4.78, 5) is 24.3. The maximum Gasteiger partial charge on any atom is 1.00 e. The van der Waals surface area contributed by atoms with Gasteiger partial charge in [-0.25, -0.2) is 0 Å². The van der Waals surface area contributed by atoms with Crippen LogP contribution < -0.4 is 45.9 Å². The van der Waals surface area contributed by atoms with Gasteiger partial charge >= 0.3 is 54.3 Å². The second kappa shape index (κ2) is 26.3. The zero-order valence-corrected chi connectivity index (χ0v) is 43.5. The van der Waals surface area contributed by atoms with Crippen LogP contribution in [-0.2, 0) is 60.4 Å². The molecule has 26 heteroatoms. The molecule has 5 aromatic rings. The van der Waals surface area contributed by atoms with Crippen molar-refractivity contribution in [3.8, 4) is 0 Å². The number of benzene rings is 4. The number of piperidine rings is 2. The molecular weight excluding hydrogens is 1060 g/mol. The Balaban J connectivity index is 0.000000309. The van der Waals surface area contributed by atoms with Crippen LogP contribution in [0.1, 0.15) is 96.2 Å². The maximum atomic E-state index is 13.3. The zero-order valence-electron chi connectivity index (χ0n) is 41.5. The number of aliphatic hydroxyl groups is 1. The number of hydrogen-bond acceptors (Lipinski definition) is 11. The summed E-state index contributed by atoms with van der Waals surface area (Å²) in [6.45, 7) is 11.0. The van der Waals surface area contributed by atoms with Gasteiger partial charge in [0.05, 0.1) is 65.4 Å². The third-order valence-electron chi connectivity index (χ3n) is 13.1. The molecule has 3 heterocycles. The van der Waals surface area contributed by atoms with Crippen molar-refractivity contribution in [3.05, 3.63) is 160 Å². The van der Waals surface area contributed by atoms with Gasteiger partial charge in [-0.05, 0) is 85.3 Å². The largest absolute Gasteiger partial charge is 1.00 e. The van der Waals surface area contributed by atoms with E-state index in [2.05, 4.69) is 44.5 Å². The molecule has 1 amide bonds. The number of Topliss-reactive ketones (excluding diaryl/α,β-unsaturated/α-hetero) is 1. The number of ether oxygens (including phenoxy) is 2. The van der Waals surface area contributed by atoms with E-state index >= 15 is 0 Å². The molecule has 77 heavy (non-hydrogen) atoms. The van der Waals surface area contributed by atoms with Gasteiger partial charge in [-0.2, -0.15) is 59.1 Å². The minimum absolute atomic E-state index is 0. The van der Waals surface area contributed by atoms with Gasteiger partial charge in [0.2, 0.25) is 5.91 Å². The van der Waals surface area contributed by atoms with Crippen molar-refractivity contribution >= 4 is 25.1 Å². The third-order valence-corrected chi connectivity index (χ3v) is 13.1. The van der Waals surface area contributed by atoms with Gasteiger partial charge in [0.1, 0.15) is 18.2 Å². The summed E-state index contributed by atoms with van der Waals surface area (Å²) in [6, 6.07) is 20.9. The normalized spacial score (nSPS) is 20.7. The number of nitrogens with two attached hydrogens (primary N) is 1. The first-order valence-electron chi connectivity index (χ1n) is 22.9. The van der Waals surface area contributed by atoms with Gasteiger partial charge < -0.3 is 63.9 Å². The fourth-order valence-electron chi connectivity index (χ4n) is 8.63. The maximum absolute atomic E-state index is 13.3. The van der Waals surface area contributed by atoms with Gasteiger partial charge in [-0.1, -0.05) is 67.1 Å². The molecule has 412 valence electrons. The van der Waals surface area contributed by atoms with Crippen molar-refractivity contribution in [1.29, 1.82) is 0 Å². The third kappa shape index (κ3) is 16.2. The molecule has 7 rings (SSSR count). The number of amides is 1. The standard InChI is InChI=1S/C25H25F6N5O2.C24H24F6NO3.C2H2N2.Na/c1-16(17-9-19(24(26,27)28)11-20(10-17)25(29,30)31)38-13-22(18-5-3-2-4-6-18)7-8-23(12-33-22,21(32)37)36-14-34-35-15-36;1-15(17-9-19(23(25,26)27)11-20(10-17)24(28,29)30)34-14-22(18-5-3-2-4-6-18)8-7-16(12-31-22)21(33)13-32;1-3-4-2;/h2-6,9-11,14-16,33H,7-8,12-13H2,1H3,(H2,32,37);2-6,9-11,15,31-32H,7-8,12-14H2,1H3;1-2H;/q;-1;-2;+1/t16-,22-,23-;15-,22-;;/m11../s1. The Hall–Kier alpha value is -5.67. The molecule has 13 nitrogen and oxygen atoms in total. The van der Waals surface area contributed by atoms with Gasteiger partial charge in [0.15, 0.2) is 0 Å². The van der Waals surface area contributed by atoms with Crippen LogP contribution >= 0.6 is 0 Å². The Bertz CT molecular complexity index is 2640. The van der Waals surface area contributed by atoms with E-state index in [1.165, 1.54) is 31.1 Å². The van der Waals surface area contributed by atoms with Crippen molar-refractivity contribution in [3.63, 3.8) is 0 Å². The molecular formula is C51H51F12N8NaO5-2. The Labute approximate surface area is 457 Å². The van der Waals surface area contributed by atoms with Crippen LogP contribution in [0.25, 0.3) is 0 Å². The average molecular weight is 1110 g/mol. The van der Waals surface area contributed by atoms with Crippen molar-refractivity contribution in [1.82, 2.24) is 25.4 Å². The van der Waals surface area contributed by atoms with E-state index < -0.39 is 88.3 Å². The predicted molar refractivity (Wildman–Crippen MR) is 252 cm³/mol. The van der Waals surface area contributed by atoms with Crippen LogP contribution in [0, 0.1) is 5.92 Å². The van der Waals surface area contributed by atoms with Crippen molar-refractivity contribution < 1.29 is 106 Å². The number of halogens is 12. The van der Waals surface area contributed by atoms with E-state index in [1.54, 1.807) is 36.4 Å². The topological polar surface area (TPSA) is 178 Å². The van der Waals surface area contributed by atoms with Crippen LogP contribution in [0.3, 0.4) is 0 Å². The predicted octanol–water partition coefficient (Wildman–Crippen LogP) is 6.83. The summed E-state index contributed by atoms with van der Waals surface area (Å²) in [5, 5.41) is 28.5. The number of ketones is 1. The molecule has 0 aliphatic carbocycles. The van der Waals surface area contributed by atoms with Crippen LogP contribution in [-0.4, -0.2) is 77.9 Å². The second-order valence-electron chi connectivity index (χ2n) is 17.9. The summed E-state index contributed by atoms with van der Waals surface area (Å²) < 4.78 is 173. The fraction of sp³-hybridized carbons (Fsp3) is 0.392. The molecule has 5 atom stereocenters. The minimum atomic E-state index is -4.97. The van der Waals surface area contributed by atoms with E-state index in [0.29, 0.717) is 49.4 Å². The number of carbonyl (C=O) groups excluding carboxylic acids is 2. The van der Waals surface area contributed by atoms with Crippen molar-refractivity contribution in [2.75, 3.05) is 32.9 Å². The van der Waals surface area contributed by atoms with Crippen LogP contribution in [0.5, 0.6) is 0 Å². The SMILES string of the molecule is C[C@@H](OC[C@@]1(c2ccccc2)CC[C-](C(=O)CO)CN1)c1cc(C(F)(F)F)cc(C(F)(F)F)c1.C[C@@H](OC[C@@]1(c2ccccc2)CC[C@@](C(N)=O)(n2cnnc2)CN1)c1cc(C(F)(F)F)cc(C(F)(F)F)c1.[CH-]=NN=[CH-].[Na+]. The molecule has 2 aliphatic heterocycles. The summed E-state index contributed by atoms with van der Waals surface area (Å²) in [5.41, 5.74) is -1.70. The van der Waals surface area contributed by atoms with E-state index in [4.69, 9.17) is 20.3 Å². The Kier molecular flexibility index (Phi) is 21.8. The number of rotatable bonds is 15. The zero-order chi connectivity index (χ0) is 56.3. The Morgan fingerprint density at radius 1 is 0.675 bits per heavy atom. The summed E-state index contributed by atoms with van der Waals surface area (Å²) >= 11 is 0. The van der Waals surface area contributed by atoms with Gasteiger partial charge in [0.25, 0.3) is 0 Å². The molecule has 0 unspecified atom stereocenters. The van der Waals surface area contributed by atoms with E-state index in [1.807, 2.05) is 24.3 Å². The number of aliphatic hydroxyl groups excluding tert-OH is 1. The molecule has 0 saturated carbocycles. The van der Waals surface area contributed by atoms with Gasteiger partial charge in [-0.3, -0.25) is 10.7 Å². The summed E-state index contributed by atoms with van der Waals surface area (Å²) in [6.07, 6.45) is -17.9. The minimum Gasteiger partial charge on any atom is -0.417 e. The molecule has 0 bridgehead atoms. The number of carbonyl (C=O) groups is 2. The quantitative estimate of drug-likeness (QED) is 0.0288. The van der Waals surface area contributed by atoms with E-state index in [-0.39, 0.29) is 91.3 Å². The fourth-order valence-corrected chi connectivity index (χ4v) is 8.63. The van der Waals surface area contributed by atoms with Crippen LogP contribution in [0.15, 0.2) is 120 Å². The van der Waals surface area contributed by atoms with Crippen molar-refractivity contribution in [2.45, 2.75) is 93.1 Å². The number of hydrogen-bond donors (Lipinski definition) is 4. The van der Waals surface area contributed by atoms with E-state index in [9.17, 15) is 62.3 Å². The van der Waals surface area contributed by atoms with Crippen LogP contribution in [0.4, 0.5) is 52.7 Å². The number of aromatic nitrogens is 3. The number of primary amides is 1. The Morgan fingerprint density at radius 3 is 1.36 bits per heavy atom. The molecule has 5 N–H and O–H groups in total. The molecule has 2 aliphatic rings. The smallest absolute Gasteiger partial charge is 0.417 e. The Morgan fingerprint density at radius 2 is 1.06 bits per heavy atom. The molecule has 2 fully saturated rings. The summed E-state index contributed by atoms with van der Waals surface area (Å²) in [5.74, 6) is -0.480. The van der Waals surface area contributed by atoms with Gasteiger partial charge in [-0.15, -0.1) is 16.7 Å². The van der Waals surface area contributed by atoms with E-state index in [0.717, 1.165) is 11.1 Å². The first-order valence-corrected chi connectivity index (χ1v) is 22.9. The molecule has 0 radical (unpaired) electrons. The first kappa shape index (κ1) is 63.9. The average Bonchev–Trinajstić information content (AvgIpc) is 3.95. The molecule has 1 aromatic heterocycles. The van der Waals surface area contributed by atoms with Crippen molar-refractivity contribution in [2.24, 2.45) is 15.9 Å². The molecule has 2 saturated heterocycles. The molecule has 0 spiro atoms. The summed E-state index contributed by atoms with van der Waals surface area (Å²) in [7, 11) is 0. The first-order chi connectivity index (χ1) is 35.5. The monoisotopic (exact) mass is 1110 g/mol. The van der Waals surface area contributed by atoms with Crippen LogP contribution in [0.2, 0.25) is 0 Å². The second-order valence-corrected chi connectivity index (χ2v) is 17.9. The number of nitrogens with one attached hydrogen (secondary N) is 2. The number of alkyl halides is 12. The number of nitrogens with zero attached hydrogens (tertiary/aromatic N) is 5. The molecule has 4 aromatic carbocycles. The van der Waals surface area contributed by atoms with Gasteiger partial charge in [0, 0.05) is 12.3 Å².